The SMILES string of the molecule is CSC(CO)C(C)NC(C)Cc1ccccc1F. The monoisotopic (exact) mass is 271 g/mol. The molecule has 102 valence electrons. The van der Waals surface area contributed by atoms with Crippen LogP contribution in [0.1, 0.15) is 19.4 Å². The molecule has 0 fully saturated rings. The van der Waals surface area contributed by atoms with Crippen LogP contribution in [0.2, 0.25) is 0 Å². The average Bonchev–Trinajstić information content (AvgIpc) is 2.33. The molecule has 0 amide bonds. The van der Waals surface area contributed by atoms with Gasteiger partial charge in [0, 0.05) is 17.3 Å². The number of nitrogens with one attached hydrogen (secondary N) is 1. The highest BCUT2D eigenvalue weighted by molar-refractivity contribution is 7.99. The zero-order valence-electron chi connectivity index (χ0n) is 11.2. The van der Waals surface area contributed by atoms with Crippen LogP contribution in [0.5, 0.6) is 0 Å². The second kappa shape index (κ2) is 7.77. The molecule has 3 atom stereocenters. The van der Waals surface area contributed by atoms with Crippen LogP contribution in [0.25, 0.3) is 0 Å². The first-order valence-corrected chi connectivity index (χ1v) is 7.50. The lowest BCUT2D eigenvalue weighted by Gasteiger charge is -2.25. The average molecular weight is 271 g/mol. The summed E-state index contributed by atoms with van der Waals surface area (Å²) in [5.41, 5.74) is 0.731. The molecule has 3 unspecified atom stereocenters. The Balaban J connectivity index is 2.51. The molecule has 1 aromatic carbocycles. The van der Waals surface area contributed by atoms with Crippen LogP contribution >= 0.6 is 11.8 Å². The van der Waals surface area contributed by atoms with E-state index < -0.39 is 0 Å². The Morgan fingerprint density at radius 1 is 1.33 bits per heavy atom. The van der Waals surface area contributed by atoms with Crippen LogP contribution in [0.15, 0.2) is 24.3 Å². The van der Waals surface area contributed by atoms with Crippen molar-refractivity contribution in [3.8, 4) is 0 Å². The molecule has 0 aliphatic heterocycles. The number of hydrogen-bond donors (Lipinski definition) is 2. The Labute approximate surface area is 113 Å². The maximum Gasteiger partial charge on any atom is 0.126 e. The van der Waals surface area contributed by atoms with Crippen LogP contribution < -0.4 is 5.32 Å². The molecule has 4 heteroatoms. The molecule has 2 nitrogen and oxygen atoms in total. The van der Waals surface area contributed by atoms with Gasteiger partial charge in [-0.1, -0.05) is 18.2 Å². The van der Waals surface area contributed by atoms with E-state index in [9.17, 15) is 9.50 Å². The minimum absolute atomic E-state index is 0.151. The molecule has 0 saturated heterocycles. The minimum atomic E-state index is -0.151. The van der Waals surface area contributed by atoms with Crippen molar-refractivity contribution in [2.75, 3.05) is 12.9 Å². The van der Waals surface area contributed by atoms with E-state index in [1.807, 2.05) is 25.3 Å². The molecule has 0 aromatic heterocycles. The van der Waals surface area contributed by atoms with Crippen molar-refractivity contribution < 1.29 is 9.50 Å². The summed E-state index contributed by atoms with van der Waals surface area (Å²) in [6.45, 7) is 4.24. The van der Waals surface area contributed by atoms with E-state index in [0.717, 1.165) is 5.56 Å². The number of rotatable bonds is 7. The number of hydrogen-bond acceptors (Lipinski definition) is 3. The third kappa shape index (κ3) is 4.59. The van der Waals surface area contributed by atoms with E-state index in [1.54, 1.807) is 17.8 Å². The van der Waals surface area contributed by atoms with Gasteiger partial charge in [0.25, 0.3) is 0 Å². The number of aliphatic hydroxyl groups excluding tert-OH is 1. The zero-order valence-corrected chi connectivity index (χ0v) is 12.0. The lowest BCUT2D eigenvalue weighted by molar-refractivity contribution is 0.271. The van der Waals surface area contributed by atoms with E-state index in [1.165, 1.54) is 6.07 Å². The van der Waals surface area contributed by atoms with Gasteiger partial charge in [0.05, 0.1) is 6.61 Å². The van der Waals surface area contributed by atoms with Gasteiger partial charge in [-0.3, -0.25) is 0 Å². The number of thioether (sulfide) groups is 1. The van der Waals surface area contributed by atoms with Gasteiger partial charge < -0.3 is 10.4 Å². The normalized spacial score (nSPS) is 16.3. The quantitative estimate of drug-likeness (QED) is 0.799. The molecule has 0 saturated carbocycles. The van der Waals surface area contributed by atoms with Crippen molar-refractivity contribution in [1.82, 2.24) is 5.32 Å². The highest BCUT2D eigenvalue weighted by Gasteiger charge is 2.17. The van der Waals surface area contributed by atoms with Crippen molar-refractivity contribution in [2.45, 2.75) is 37.6 Å². The van der Waals surface area contributed by atoms with E-state index in [4.69, 9.17) is 0 Å². The van der Waals surface area contributed by atoms with Gasteiger partial charge >= 0.3 is 0 Å². The Kier molecular flexibility index (Phi) is 6.68. The second-order valence-corrected chi connectivity index (χ2v) is 5.69. The van der Waals surface area contributed by atoms with Crippen LogP contribution in [-0.2, 0) is 6.42 Å². The Morgan fingerprint density at radius 2 is 2.00 bits per heavy atom. The smallest absolute Gasteiger partial charge is 0.126 e. The van der Waals surface area contributed by atoms with Crippen LogP contribution in [-0.4, -0.2) is 35.3 Å². The highest BCUT2D eigenvalue weighted by Crippen LogP contribution is 2.13. The van der Waals surface area contributed by atoms with Crippen molar-refractivity contribution in [1.29, 1.82) is 0 Å². The molecular formula is C14H22FNOS. The van der Waals surface area contributed by atoms with Gasteiger partial charge in [0.2, 0.25) is 0 Å². The lowest BCUT2D eigenvalue weighted by atomic mass is 10.1. The molecule has 0 spiro atoms. The third-order valence-corrected chi connectivity index (χ3v) is 4.23. The largest absolute Gasteiger partial charge is 0.395 e. The summed E-state index contributed by atoms with van der Waals surface area (Å²) in [4.78, 5) is 0. The molecule has 18 heavy (non-hydrogen) atoms. The van der Waals surface area contributed by atoms with Crippen LogP contribution in [0, 0.1) is 5.82 Å². The molecule has 0 aliphatic carbocycles. The van der Waals surface area contributed by atoms with E-state index in [-0.39, 0.29) is 29.8 Å². The topological polar surface area (TPSA) is 32.3 Å². The molecule has 1 aromatic rings. The van der Waals surface area contributed by atoms with Gasteiger partial charge in [-0.25, -0.2) is 4.39 Å². The predicted octanol–water partition coefficient (Wildman–Crippen LogP) is 2.46. The second-order valence-electron chi connectivity index (χ2n) is 4.61. The summed E-state index contributed by atoms with van der Waals surface area (Å²) in [7, 11) is 0. The van der Waals surface area contributed by atoms with Gasteiger partial charge in [-0.2, -0.15) is 11.8 Å². The standard InChI is InChI=1S/C14H22FNOS/c1-10(16-11(2)14(9-17)18-3)8-12-6-4-5-7-13(12)15/h4-7,10-11,14,16-17H,8-9H2,1-3H3. The first kappa shape index (κ1) is 15.5. The summed E-state index contributed by atoms with van der Waals surface area (Å²) in [5.74, 6) is -0.151. The fourth-order valence-electron chi connectivity index (χ4n) is 2.05. The summed E-state index contributed by atoms with van der Waals surface area (Å²) in [6, 6.07) is 7.24. The number of benzene rings is 1. The molecule has 0 radical (unpaired) electrons. The van der Waals surface area contributed by atoms with Crippen LogP contribution in [0.4, 0.5) is 4.39 Å². The van der Waals surface area contributed by atoms with Crippen molar-refractivity contribution in [3.63, 3.8) is 0 Å². The minimum Gasteiger partial charge on any atom is -0.395 e. The maximum atomic E-state index is 13.5. The predicted molar refractivity (Wildman–Crippen MR) is 76.6 cm³/mol. The van der Waals surface area contributed by atoms with Crippen molar-refractivity contribution in [3.05, 3.63) is 35.6 Å². The molecule has 2 N–H and O–H groups in total. The lowest BCUT2D eigenvalue weighted by Crippen LogP contribution is -2.43. The fourth-order valence-corrected chi connectivity index (χ4v) is 2.68. The fraction of sp³-hybridized carbons (Fsp3) is 0.571. The van der Waals surface area contributed by atoms with Gasteiger partial charge in [-0.05, 0) is 38.2 Å². The Hall–Kier alpha value is -0.580. The van der Waals surface area contributed by atoms with Gasteiger partial charge in [0.15, 0.2) is 0 Å². The molecule has 1 rings (SSSR count). The highest BCUT2D eigenvalue weighted by atomic mass is 32.2. The van der Waals surface area contributed by atoms with Crippen LogP contribution in [0.3, 0.4) is 0 Å². The number of halogens is 1. The summed E-state index contributed by atoms with van der Waals surface area (Å²) >= 11 is 1.64. The molecular weight excluding hydrogens is 249 g/mol. The molecule has 0 aliphatic rings. The maximum absolute atomic E-state index is 13.5. The zero-order chi connectivity index (χ0) is 13.5. The van der Waals surface area contributed by atoms with Crippen molar-refractivity contribution >= 4 is 11.8 Å². The van der Waals surface area contributed by atoms with Crippen molar-refractivity contribution in [2.24, 2.45) is 0 Å². The van der Waals surface area contributed by atoms with Gasteiger partial charge in [-0.15, -0.1) is 0 Å². The molecule has 0 heterocycles. The first-order valence-electron chi connectivity index (χ1n) is 6.21. The van der Waals surface area contributed by atoms with Gasteiger partial charge in [0.1, 0.15) is 5.82 Å². The van der Waals surface area contributed by atoms with E-state index >= 15 is 0 Å². The summed E-state index contributed by atoms with van der Waals surface area (Å²) < 4.78 is 13.5. The van der Waals surface area contributed by atoms with E-state index in [2.05, 4.69) is 12.2 Å². The first-order chi connectivity index (χ1) is 8.58. The third-order valence-electron chi connectivity index (χ3n) is 3.07. The summed E-state index contributed by atoms with van der Waals surface area (Å²) in [6.07, 6.45) is 2.64. The van der Waals surface area contributed by atoms with E-state index in [0.29, 0.717) is 6.42 Å². The number of aliphatic hydroxyl groups is 1. The summed E-state index contributed by atoms with van der Waals surface area (Å²) in [5, 5.41) is 12.8. The Bertz CT molecular complexity index is 357. The Morgan fingerprint density at radius 3 is 2.56 bits per heavy atom. The molecule has 0 bridgehead atoms.